The van der Waals surface area contributed by atoms with Crippen LogP contribution in [0.4, 0.5) is 0 Å². The lowest BCUT2D eigenvalue weighted by molar-refractivity contribution is 0.209. The van der Waals surface area contributed by atoms with E-state index in [1.165, 1.54) is 6.42 Å². The average Bonchev–Trinajstić information content (AvgIpc) is 2.31. The van der Waals surface area contributed by atoms with E-state index in [0.29, 0.717) is 17.6 Å². The lowest BCUT2D eigenvalue weighted by Crippen LogP contribution is -2.49. The van der Waals surface area contributed by atoms with E-state index >= 15 is 0 Å². The Morgan fingerprint density at radius 3 is 2.30 bits per heavy atom. The molecule has 1 aliphatic heterocycles. The minimum Gasteiger partial charge on any atom is -0.355 e. The maximum Gasteiger partial charge on any atom is 0.193 e. The van der Waals surface area contributed by atoms with Crippen molar-refractivity contribution in [1.82, 2.24) is 10.2 Å². The van der Waals surface area contributed by atoms with Gasteiger partial charge in [0.15, 0.2) is 5.96 Å². The molecular weight excluding hydrogens is 270 g/mol. The van der Waals surface area contributed by atoms with E-state index in [2.05, 4.69) is 29.1 Å². The molecule has 0 aromatic heterocycles. The molecular formula is C15H31N3OS. The molecule has 1 fully saturated rings. The van der Waals surface area contributed by atoms with Gasteiger partial charge in [-0.3, -0.25) is 9.20 Å². The highest BCUT2D eigenvalue weighted by atomic mass is 32.2. The van der Waals surface area contributed by atoms with E-state index in [-0.39, 0.29) is 4.75 Å². The molecule has 1 aliphatic rings. The number of piperidine rings is 1. The predicted octanol–water partition coefficient (Wildman–Crippen LogP) is 2.09. The predicted molar refractivity (Wildman–Crippen MR) is 88.6 cm³/mol. The first-order valence-electron chi connectivity index (χ1n) is 7.58. The third-order valence-electron chi connectivity index (χ3n) is 3.63. The third-order valence-corrected chi connectivity index (χ3v) is 5.57. The van der Waals surface area contributed by atoms with Crippen LogP contribution in [0.5, 0.6) is 0 Å². The number of likely N-dealkylation sites (tertiary alicyclic amines) is 1. The van der Waals surface area contributed by atoms with Crippen molar-refractivity contribution in [1.29, 1.82) is 0 Å². The summed E-state index contributed by atoms with van der Waals surface area (Å²) in [6.45, 7) is 13.5. The van der Waals surface area contributed by atoms with Gasteiger partial charge >= 0.3 is 0 Å². The Bertz CT molecular complexity index is 353. The second-order valence-corrected chi connectivity index (χ2v) is 9.31. The molecule has 5 heteroatoms. The van der Waals surface area contributed by atoms with E-state index < -0.39 is 10.8 Å². The van der Waals surface area contributed by atoms with Crippen molar-refractivity contribution in [2.45, 2.75) is 45.8 Å². The largest absolute Gasteiger partial charge is 0.355 e. The fraction of sp³-hybridized carbons (Fsp3) is 0.933. The molecule has 0 aliphatic carbocycles. The lowest BCUT2D eigenvalue weighted by atomic mass is 9.92. The summed E-state index contributed by atoms with van der Waals surface area (Å²) in [5.41, 5.74) is 0. The number of nitrogens with one attached hydrogen (secondary N) is 1. The Morgan fingerprint density at radius 2 is 1.85 bits per heavy atom. The van der Waals surface area contributed by atoms with Gasteiger partial charge in [0.1, 0.15) is 0 Å². The van der Waals surface area contributed by atoms with Gasteiger partial charge in [0.2, 0.25) is 0 Å². The maximum atomic E-state index is 12.0. The van der Waals surface area contributed by atoms with Crippen molar-refractivity contribution in [3.8, 4) is 0 Å². The van der Waals surface area contributed by atoms with Gasteiger partial charge in [0.25, 0.3) is 0 Å². The molecule has 0 aromatic carbocycles. The Kier molecular flexibility index (Phi) is 6.49. The summed E-state index contributed by atoms with van der Waals surface area (Å²) in [6.07, 6.45) is 1.29. The summed E-state index contributed by atoms with van der Waals surface area (Å²) in [6, 6.07) is 0. The minimum atomic E-state index is -0.811. The van der Waals surface area contributed by atoms with E-state index in [9.17, 15) is 4.21 Å². The molecule has 1 heterocycles. The molecule has 0 amide bonds. The average molecular weight is 302 g/mol. The van der Waals surface area contributed by atoms with Gasteiger partial charge in [-0.1, -0.05) is 13.8 Å². The molecule has 1 saturated heterocycles. The van der Waals surface area contributed by atoms with Gasteiger partial charge in [-0.05, 0) is 39.0 Å². The van der Waals surface area contributed by atoms with Crippen molar-refractivity contribution in [2.24, 2.45) is 16.8 Å². The van der Waals surface area contributed by atoms with Crippen LogP contribution >= 0.6 is 0 Å². The van der Waals surface area contributed by atoms with Gasteiger partial charge in [-0.25, -0.2) is 0 Å². The van der Waals surface area contributed by atoms with E-state index in [4.69, 9.17) is 0 Å². The van der Waals surface area contributed by atoms with Crippen molar-refractivity contribution >= 4 is 16.8 Å². The van der Waals surface area contributed by atoms with Crippen molar-refractivity contribution in [3.05, 3.63) is 0 Å². The molecule has 1 rings (SSSR count). The van der Waals surface area contributed by atoms with Crippen LogP contribution in [0.3, 0.4) is 0 Å². The van der Waals surface area contributed by atoms with Crippen LogP contribution in [-0.2, 0) is 10.8 Å². The smallest absolute Gasteiger partial charge is 0.193 e. The third kappa shape index (κ3) is 5.43. The van der Waals surface area contributed by atoms with Crippen molar-refractivity contribution in [3.63, 3.8) is 0 Å². The van der Waals surface area contributed by atoms with Crippen LogP contribution in [-0.4, -0.2) is 52.3 Å². The molecule has 3 atom stereocenters. The minimum absolute atomic E-state index is 0.140. The van der Waals surface area contributed by atoms with Gasteiger partial charge < -0.3 is 10.2 Å². The van der Waals surface area contributed by atoms with Crippen LogP contribution in [0.25, 0.3) is 0 Å². The van der Waals surface area contributed by atoms with Gasteiger partial charge in [-0.2, -0.15) is 0 Å². The van der Waals surface area contributed by atoms with Gasteiger partial charge in [-0.15, -0.1) is 0 Å². The highest BCUT2D eigenvalue weighted by Crippen LogP contribution is 2.20. The van der Waals surface area contributed by atoms with Crippen LogP contribution in [0.2, 0.25) is 0 Å². The SMILES string of the molecule is CN=C(NCCS(=O)C(C)(C)C)N1CC(C)CC(C)C1. The molecule has 1 N–H and O–H groups in total. The van der Waals surface area contributed by atoms with Crippen LogP contribution in [0.1, 0.15) is 41.0 Å². The summed E-state index contributed by atoms with van der Waals surface area (Å²) in [5, 5.41) is 3.37. The zero-order valence-electron chi connectivity index (χ0n) is 13.9. The van der Waals surface area contributed by atoms with Gasteiger partial charge in [0.05, 0.1) is 0 Å². The van der Waals surface area contributed by atoms with Crippen molar-refractivity contribution in [2.75, 3.05) is 32.4 Å². The molecule has 4 nitrogen and oxygen atoms in total. The fourth-order valence-electron chi connectivity index (χ4n) is 2.73. The Balaban J connectivity index is 2.46. The molecule has 20 heavy (non-hydrogen) atoms. The highest BCUT2D eigenvalue weighted by molar-refractivity contribution is 7.86. The number of hydrogen-bond donors (Lipinski definition) is 1. The Hall–Kier alpha value is -0.580. The van der Waals surface area contributed by atoms with Crippen molar-refractivity contribution < 1.29 is 4.21 Å². The molecule has 118 valence electrons. The van der Waals surface area contributed by atoms with E-state index in [1.807, 2.05) is 27.8 Å². The zero-order valence-corrected chi connectivity index (χ0v) is 14.7. The summed E-state index contributed by atoms with van der Waals surface area (Å²) in [4.78, 5) is 6.70. The quantitative estimate of drug-likeness (QED) is 0.641. The van der Waals surface area contributed by atoms with Crippen LogP contribution < -0.4 is 5.32 Å². The Labute approximate surface area is 126 Å². The van der Waals surface area contributed by atoms with Crippen LogP contribution in [0, 0.1) is 11.8 Å². The molecule has 3 unspecified atom stereocenters. The first-order chi connectivity index (χ1) is 9.24. The Morgan fingerprint density at radius 1 is 1.30 bits per heavy atom. The van der Waals surface area contributed by atoms with E-state index in [0.717, 1.165) is 25.6 Å². The highest BCUT2D eigenvalue weighted by Gasteiger charge is 2.24. The standard InChI is InChI=1S/C15H31N3OS/c1-12-9-13(2)11-18(10-12)14(16-6)17-7-8-20(19)15(3,4)5/h12-13H,7-11H2,1-6H3,(H,16,17). The van der Waals surface area contributed by atoms with Gasteiger partial charge in [0, 0.05) is 48.0 Å². The number of guanidine groups is 1. The number of nitrogens with zero attached hydrogens (tertiary/aromatic N) is 2. The molecule has 0 bridgehead atoms. The molecule has 0 aromatic rings. The fourth-order valence-corrected chi connectivity index (χ4v) is 3.63. The zero-order chi connectivity index (χ0) is 15.3. The monoisotopic (exact) mass is 301 g/mol. The number of rotatable bonds is 3. The van der Waals surface area contributed by atoms with Crippen LogP contribution in [0.15, 0.2) is 4.99 Å². The number of hydrogen-bond acceptors (Lipinski definition) is 2. The normalized spacial score (nSPS) is 26.5. The second kappa shape index (κ2) is 7.43. The molecule has 0 spiro atoms. The lowest BCUT2D eigenvalue weighted by Gasteiger charge is -2.37. The summed E-state index contributed by atoms with van der Waals surface area (Å²) >= 11 is 0. The second-order valence-electron chi connectivity index (χ2n) is 6.99. The summed E-state index contributed by atoms with van der Waals surface area (Å²) < 4.78 is 11.9. The maximum absolute atomic E-state index is 12.0. The molecule has 0 saturated carbocycles. The topological polar surface area (TPSA) is 44.7 Å². The first-order valence-corrected chi connectivity index (χ1v) is 8.90. The summed E-state index contributed by atoms with van der Waals surface area (Å²) in [5.74, 6) is 3.04. The van der Waals surface area contributed by atoms with E-state index in [1.54, 1.807) is 0 Å². The first kappa shape index (κ1) is 17.5. The summed E-state index contributed by atoms with van der Waals surface area (Å²) in [7, 11) is 1.02. The number of aliphatic imine (C=N–C) groups is 1. The molecule has 0 radical (unpaired) electrons.